The molecule has 1 heterocycles. The van der Waals surface area contributed by atoms with E-state index in [4.69, 9.17) is 0 Å². The van der Waals surface area contributed by atoms with E-state index in [0.29, 0.717) is 26.1 Å². The molecule has 0 spiro atoms. The Balaban J connectivity index is 1.54. The summed E-state index contributed by atoms with van der Waals surface area (Å²) in [4.78, 5) is 15.5. The molecule has 1 aliphatic carbocycles. The molecule has 0 unspecified atom stereocenters. The van der Waals surface area contributed by atoms with Crippen LogP contribution in [0.3, 0.4) is 0 Å². The number of benzene rings is 1. The predicted octanol–water partition coefficient (Wildman–Crippen LogP) is 2.67. The van der Waals surface area contributed by atoms with Gasteiger partial charge in [-0.1, -0.05) is 37.5 Å². The van der Waals surface area contributed by atoms with Crippen LogP contribution >= 0.6 is 0 Å². The van der Waals surface area contributed by atoms with E-state index in [0.717, 1.165) is 42.1 Å². The Morgan fingerprint density at radius 1 is 1.19 bits per heavy atom. The number of hydrogen-bond acceptors (Lipinski definition) is 3. The van der Waals surface area contributed by atoms with E-state index in [1.807, 2.05) is 30.5 Å². The summed E-state index contributed by atoms with van der Waals surface area (Å²) in [6.07, 6.45) is 9.12. The molecule has 1 aromatic heterocycles. The lowest BCUT2D eigenvalue weighted by molar-refractivity contribution is -0.125. The molecule has 1 saturated carbocycles. The van der Waals surface area contributed by atoms with Crippen LogP contribution in [0.1, 0.15) is 37.7 Å². The second-order valence-corrected chi connectivity index (χ2v) is 9.38. The van der Waals surface area contributed by atoms with E-state index >= 15 is 0 Å². The molecular weight excluding hydrogens is 362 g/mol. The first-order chi connectivity index (χ1) is 12.9. The minimum absolute atomic E-state index is 0.0692. The highest BCUT2D eigenvalue weighted by atomic mass is 32.2. The van der Waals surface area contributed by atoms with Gasteiger partial charge in [0.05, 0.1) is 6.26 Å². The number of carbonyl (C=O) groups excluding carboxylic acids is 1. The number of aromatic amines is 1. The van der Waals surface area contributed by atoms with Crippen LogP contribution in [0.4, 0.5) is 0 Å². The lowest BCUT2D eigenvalue weighted by Crippen LogP contribution is -2.41. The van der Waals surface area contributed by atoms with Crippen LogP contribution in [0.5, 0.6) is 0 Å². The summed E-state index contributed by atoms with van der Waals surface area (Å²) in [6.45, 7) is 1.07. The molecule has 2 aromatic rings. The van der Waals surface area contributed by atoms with Crippen molar-refractivity contribution < 1.29 is 13.2 Å². The van der Waals surface area contributed by atoms with E-state index in [1.54, 1.807) is 0 Å². The largest absolute Gasteiger partial charge is 0.361 e. The van der Waals surface area contributed by atoms with E-state index < -0.39 is 10.0 Å². The zero-order valence-corrected chi connectivity index (χ0v) is 16.7. The molecule has 7 heteroatoms. The molecule has 1 fully saturated rings. The average molecular weight is 392 g/mol. The minimum Gasteiger partial charge on any atom is -0.361 e. The number of fused-ring (bicyclic) bond motifs is 1. The van der Waals surface area contributed by atoms with Crippen LogP contribution in [-0.4, -0.2) is 49.5 Å². The average Bonchev–Trinajstić information content (AvgIpc) is 3.07. The van der Waals surface area contributed by atoms with Crippen molar-refractivity contribution in [3.8, 4) is 0 Å². The number of rotatable bonds is 8. The summed E-state index contributed by atoms with van der Waals surface area (Å²) in [5.41, 5.74) is 2.16. The number of nitrogens with one attached hydrogen (secondary N) is 2. The molecule has 0 radical (unpaired) electrons. The van der Waals surface area contributed by atoms with Gasteiger partial charge in [-0.15, -0.1) is 0 Å². The van der Waals surface area contributed by atoms with Gasteiger partial charge in [-0.05, 0) is 30.9 Å². The number of aromatic nitrogens is 1. The molecule has 0 aliphatic heterocycles. The summed E-state index contributed by atoms with van der Waals surface area (Å²) in [6, 6.07) is 8.00. The van der Waals surface area contributed by atoms with Crippen molar-refractivity contribution >= 4 is 26.8 Å². The van der Waals surface area contributed by atoms with Gasteiger partial charge in [-0.25, -0.2) is 12.7 Å². The summed E-state index contributed by atoms with van der Waals surface area (Å²) >= 11 is 0. The van der Waals surface area contributed by atoms with Gasteiger partial charge in [0.2, 0.25) is 15.9 Å². The Morgan fingerprint density at radius 2 is 1.93 bits per heavy atom. The molecule has 1 aromatic carbocycles. The topological polar surface area (TPSA) is 82.3 Å². The van der Waals surface area contributed by atoms with Crippen LogP contribution < -0.4 is 5.32 Å². The SMILES string of the molecule is CS(=O)(=O)N(CCNC(=O)C1CCCCC1)CCc1c[nH]c2ccccc12. The second kappa shape index (κ2) is 8.89. The molecule has 27 heavy (non-hydrogen) atoms. The molecule has 0 atom stereocenters. The van der Waals surface area contributed by atoms with Crippen LogP contribution in [0.2, 0.25) is 0 Å². The Morgan fingerprint density at radius 3 is 2.67 bits per heavy atom. The summed E-state index contributed by atoms with van der Waals surface area (Å²) in [5, 5.41) is 4.05. The van der Waals surface area contributed by atoms with Crippen molar-refractivity contribution in [1.29, 1.82) is 0 Å². The fraction of sp³-hybridized carbons (Fsp3) is 0.550. The van der Waals surface area contributed by atoms with Crippen molar-refractivity contribution in [3.05, 3.63) is 36.0 Å². The van der Waals surface area contributed by atoms with E-state index in [2.05, 4.69) is 10.3 Å². The number of hydrogen-bond donors (Lipinski definition) is 2. The lowest BCUT2D eigenvalue weighted by atomic mass is 9.89. The van der Waals surface area contributed by atoms with Crippen molar-refractivity contribution in [2.75, 3.05) is 25.9 Å². The van der Waals surface area contributed by atoms with Crippen molar-refractivity contribution in [1.82, 2.24) is 14.6 Å². The Hall–Kier alpha value is -1.86. The van der Waals surface area contributed by atoms with E-state index in [1.165, 1.54) is 17.0 Å². The molecule has 1 amide bonds. The van der Waals surface area contributed by atoms with Crippen molar-refractivity contribution in [2.24, 2.45) is 5.92 Å². The highest BCUT2D eigenvalue weighted by Crippen LogP contribution is 2.23. The quantitative estimate of drug-likeness (QED) is 0.726. The summed E-state index contributed by atoms with van der Waals surface area (Å²) in [7, 11) is -3.32. The molecule has 148 valence electrons. The van der Waals surface area contributed by atoms with E-state index in [9.17, 15) is 13.2 Å². The Kier molecular flexibility index (Phi) is 6.55. The van der Waals surface area contributed by atoms with Gasteiger partial charge < -0.3 is 10.3 Å². The maximum absolute atomic E-state index is 12.2. The lowest BCUT2D eigenvalue weighted by Gasteiger charge is -2.23. The van der Waals surface area contributed by atoms with Crippen LogP contribution in [0, 0.1) is 5.92 Å². The monoisotopic (exact) mass is 391 g/mol. The van der Waals surface area contributed by atoms with Crippen molar-refractivity contribution in [3.63, 3.8) is 0 Å². The predicted molar refractivity (Wildman–Crippen MR) is 108 cm³/mol. The van der Waals surface area contributed by atoms with Gasteiger partial charge in [-0.3, -0.25) is 4.79 Å². The highest BCUT2D eigenvalue weighted by molar-refractivity contribution is 7.88. The number of amides is 1. The smallest absolute Gasteiger partial charge is 0.223 e. The number of para-hydroxylation sites is 1. The molecule has 0 saturated heterocycles. The fourth-order valence-electron chi connectivity index (χ4n) is 3.84. The maximum Gasteiger partial charge on any atom is 0.223 e. The second-order valence-electron chi connectivity index (χ2n) is 7.40. The molecule has 1 aliphatic rings. The Labute approximate surface area is 161 Å². The molecule has 6 nitrogen and oxygen atoms in total. The third kappa shape index (κ3) is 5.32. The van der Waals surface area contributed by atoms with Crippen LogP contribution in [-0.2, 0) is 21.2 Å². The molecular formula is C20H29N3O3S. The molecule has 2 N–H and O–H groups in total. The van der Waals surface area contributed by atoms with Gasteiger partial charge in [0.25, 0.3) is 0 Å². The highest BCUT2D eigenvalue weighted by Gasteiger charge is 2.22. The number of sulfonamides is 1. The number of carbonyl (C=O) groups is 1. The van der Waals surface area contributed by atoms with E-state index in [-0.39, 0.29) is 11.8 Å². The zero-order chi connectivity index (χ0) is 19.3. The minimum atomic E-state index is -3.32. The summed E-state index contributed by atoms with van der Waals surface area (Å²) in [5.74, 6) is 0.163. The van der Waals surface area contributed by atoms with Crippen LogP contribution in [0.25, 0.3) is 10.9 Å². The van der Waals surface area contributed by atoms with Gasteiger partial charge >= 0.3 is 0 Å². The zero-order valence-electron chi connectivity index (χ0n) is 15.9. The Bertz CT molecular complexity index is 869. The first kappa shape index (κ1) is 19.9. The van der Waals surface area contributed by atoms with Gasteiger partial charge in [0, 0.05) is 42.7 Å². The first-order valence-corrected chi connectivity index (χ1v) is 11.6. The maximum atomic E-state index is 12.2. The first-order valence-electron chi connectivity index (χ1n) is 9.73. The fourth-order valence-corrected chi connectivity index (χ4v) is 4.69. The van der Waals surface area contributed by atoms with Crippen molar-refractivity contribution in [2.45, 2.75) is 38.5 Å². The van der Waals surface area contributed by atoms with Gasteiger partial charge in [0.15, 0.2) is 0 Å². The number of nitrogens with zero attached hydrogens (tertiary/aromatic N) is 1. The molecule has 3 rings (SSSR count). The molecule has 0 bridgehead atoms. The van der Waals surface area contributed by atoms with Gasteiger partial charge in [0.1, 0.15) is 0 Å². The van der Waals surface area contributed by atoms with Gasteiger partial charge in [-0.2, -0.15) is 0 Å². The third-order valence-corrected chi connectivity index (χ3v) is 6.71. The standard InChI is InChI=1S/C20H29N3O3S/c1-27(25,26)23(14-12-21-20(24)16-7-3-2-4-8-16)13-11-17-15-22-19-10-6-5-9-18(17)19/h5-6,9-10,15-16,22H,2-4,7-8,11-14H2,1H3,(H,21,24). The van der Waals surface area contributed by atoms with Crippen LogP contribution in [0.15, 0.2) is 30.5 Å². The summed E-state index contributed by atoms with van der Waals surface area (Å²) < 4.78 is 25.7. The third-order valence-electron chi connectivity index (χ3n) is 5.41. The normalized spacial score (nSPS) is 16.1. The number of H-pyrrole nitrogens is 1.